The van der Waals surface area contributed by atoms with Crippen LogP contribution in [-0.4, -0.2) is 36.9 Å². The number of aliphatic hydroxyl groups excluding tert-OH is 1. The second-order valence-corrected chi connectivity index (χ2v) is 3.80. The molecule has 0 aliphatic carbocycles. The van der Waals surface area contributed by atoms with Crippen molar-refractivity contribution in [3.05, 3.63) is 29.3 Å². The second-order valence-electron chi connectivity index (χ2n) is 3.37. The van der Waals surface area contributed by atoms with Crippen molar-refractivity contribution < 1.29 is 19.4 Å². The van der Waals surface area contributed by atoms with Gasteiger partial charge in [-0.1, -0.05) is 17.7 Å². The van der Waals surface area contributed by atoms with Gasteiger partial charge in [0.1, 0.15) is 0 Å². The molecule has 0 aromatic heterocycles. The second kappa shape index (κ2) is 6.83. The van der Waals surface area contributed by atoms with Crippen LogP contribution in [0.15, 0.2) is 24.3 Å². The van der Waals surface area contributed by atoms with Gasteiger partial charge in [-0.2, -0.15) is 0 Å². The summed E-state index contributed by atoms with van der Waals surface area (Å²) in [6.07, 6.45) is 0. The van der Waals surface area contributed by atoms with Gasteiger partial charge in [-0.05, 0) is 18.2 Å². The number of amides is 2. The monoisotopic (exact) mass is 272 g/mol. The predicted molar refractivity (Wildman–Crippen MR) is 66.5 cm³/mol. The number of ether oxygens (including phenoxy) is 1. The fourth-order valence-corrected chi connectivity index (χ4v) is 1.40. The van der Waals surface area contributed by atoms with Gasteiger partial charge in [0.15, 0.2) is 6.04 Å². The SMILES string of the molecule is COC(=O)C(CO)NC(=O)Nc1cccc(Cl)c1. The van der Waals surface area contributed by atoms with E-state index in [1.165, 1.54) is 7.11 Å². The number of methoxy groups -OCH3 is 1. The predicted octanol–water partition coefficient (Wildman–Crippen LogP) is 0.995. The Morgan fingerprint density at radius 1 is 1.50 bits per heavy atom. The maximum Gasteiger partial charge on any atom is 0.330 e. The van der Waals surface area contributed by atoms with E-state index in [9.17, 15) is 9.59 Å². The Morgan fingerprint density at radius 2 is 2.22 bits per heavy atom. The molecular formula is C11H13ClN2O4. The normalized spacial score (nSPS) is 11.5. The Balaban J connectivity index is 2.58. The zero-order chi connectivity index (χ0) is 13.5. The molecule has 0 radical (unpaired) electrons. The molecule has 0 saturated heterocycles. The molecule has 3 N–H and O–H groups in total. The number of hydrogen-bond acceptors (Lipinski definition) is 4. The van der Waals surface area contributed by atoms with E-state index in [1.807, 2.05) is 0 Å². The first kappa shape index (κ1) is 14.3. The zero-order valence-corrected chi connectivity index (χ0v) is 10.4. The van der Waals surface area contributed by atoms with Gasteiger partial charge in [0.05, 0.1) is 13.7 Å². The average molecular weight is 273 g/mol. The van der Waals surface area contributed by atoms with Crippen LogP contribution in [0.4, 0.5) is 10.5 Å². The summed E-state index contributed by atoms with van der Waals surface area (Å²) in [6.45, 7) is -0.546. The summed E-state index contributed by atoms with van der Waals surface area (Å²) in [4.78, 5) is 22.7. The van der Waals surface area contributed by atoms with Gasteiger partial charge >= 0.3 is 12.0 Å². The highest BCUT2D eigenvalue weighted by atomic mass is 35.5. The number of esters is 1. The van der Waals surface area contributed by atoms with E-state index >= 15 is 0 Å². The highest BCUT2D eigenvalue weighted by molar-refractivity contribution is 6.30. The molecule has 0 aliphatic heterocycles. The topological polar surface area (TPSA) is 87.7 Å². The van der Waals surface area contributed by atoms with Crippen molar-refractivity contribution in [1.29, 1.82) is 0 Å². The minimum atomic E-state index is -1.10. The van der Waals surface area contributed by atoms with Crippen molar-refractivity contribution in [2.24, 2.45) is 0 Å². The van der Waals surface area contributed by atoms with Gasteiger partial charge in [0.25, 0.3) is 0 Å². The lowest BCUT2D eigenvalue weighted by Crippen LogP contribution is -2.45. The van der Waals surface area contributed by atoms with E-state index in [2.05, 4.69) is 15.4 Å². The Kier molecular flexibility index (Phi) is 5.41. The molecule has 0 heterocycles. The molecule has 1 aromatic rings. The molecule has 2 amide bonds. The molecule has 1 unspecified atom stereocenters. The van der Waals surface area contributed by atoms with Crippen molar-refractivity contribution in [3.8, 4) is 0 Å². The summed E-state index contributed by atoms with van der Waals surface area (Å²) in [5.74, 6) is -0.723. The van der Waals surface area contributed by atoms with Crippen molar-refractivity contribution >= 4 is 29.3 Å². The molecule has 1 rings (SSSR count). The largest absolute Gasteiger partial charge is 0.467 e. The van der Waals surface area contributed by atoms with Gasteiger partial charge in [0, 0.05) is 10.7 Å². The van der Waals surface area contributed by atoms with E-state index in [0.29, 0.717) is 10.7 Å². The van der Waals surface area contributed by atoms with Crippen LogP contribution < -0.4 is 10.6 Å². The lowest BCUT2D eigenvalue weighted by atomic mass is 10.3. The number of carbonyl (C=O) groups is 2. The van der Waals surface area contributed by atoms with Crippen LogP contribution in [0.2, 0.25) is 5.02 Å². The van der Waals surface area contributed by atoms with Crippen LogP contribution in [0.5, 0.6) is 0 Å². The Labute approximate surface area is 109 Å². The summed E-state index contributed by atoms with van der Waals surface area (Å²) < 4.78 is 4.41. The van der Waals surface area contributed by atoms with Crippen molar-refractivity contribution in [3.63, 3.8) is 0 Å². The lowest BCUT2D eigenvalue weighted by Gasteiger charge is -2.14. The molecule has 6 nitrogen and oxygen atoms in total. The molecule has 0 saturated carbocycles. The van der Waals surface area contributed by atoms with Crippen molar-refractivity contribution in [1.82, 2.24) is 5.32 Å². The quantitative estimate of drug-likeness (QED) is 0.714. The highest BCUT2D eigenvalue weighted by Crippen LogP contribution is 2.14. The van der Waals surface area contributed by atoms with Crippen LogP contribution in [0.1, 0.15) is 0 Å². The number of aliphatic hydroxyl groups is 1. The standard InChI is InChI=1S/C11H13ClN2O4/c1-18-10(16)9(6-15)14-11(17)13-8-4-2-3-7(12)5-8/h2-5,9,15H,6H2,1H3,(H2,13,14,17). The molecule has 0 spiro atoms. The zero-order valence-electron chi connectivity index (χ0n) is 9.64. The maximum atomic E-state index is 11.5. The summed E-state index contributed by atoms with van der Waals surface area (Å²) in [5.41, 5.74) is 0.474. The molecule has 98 valence electrons. The molecule has 0 fully saturated rings. The van der Waals surface area contributed by atoms with Crippen molar-refractivity contribution in [2.45, 2.75) is 6.04 Å². The van der Waals surface area contributed by atoms with Gasteiger partial charge in [0.2, 0.25) is 0 Å². The molecular weight excluding hydrogens is 260 g/mol. The van der Waals surface area contributed by atoms with Crippen LogP contribution in [0, 0.1) is 0 Å². The fraction of sp³-hybridized carbons (Fsp3) is 0.273. The number of urea groups is 1. The minimum Gasteiger partial charge on any atom is -0.467 e. The average Bonchev–Trinajstić information content (AvgIpc) is 2.35. The Bertz CT molecular complexity index is 439. The number of nitrogens with one attached hydrogen (secondary N) is 2. The summed E-state index contributed by atoms with van der Waals surface area (Å²) in [6, 6.07) is 4.78. The number of anilines is 1. The van der Waals surface area contributed by atoms with Gasteiger partial charge in [-0.3, -0.25) is 0 Å². The third-order valence-corrected chi connectivity index (χ3v) is 2.29. The molecule has 0 aliphatic rings. The third kappa shape index (κ3) is 4.23. The highest BCUT2D eigenvalue weighted by Gasteiger charge is 2.20. The molecule has 7 heteroatoms. The van der Waals surface area contributed by atoms with E-state index < -0.39 is 24.6 Å². The summed E-state index contributed by atoms with van der Waals surface area (Å²) in [5, 5.41) is 14.1. The number of halogens is 1. The first-order chi connectivity index (χ1) is 8.56. The number of carbonyl (C=O) groups excluding carboxylic acids is 2. The first-order valence-electron chi connectivity index (χ1n) is 5.08. The van der Waals surface area contributed by atoms with E-state index in [-0.39, 0.29) is 0 Å². The lowest BCUT2D eigenvalue weighted by molar-refractivity contribution is -0.143. The Hall–Kier alpha value is -1.79. The molecule has 1 aromatic carbocycles. The number of benzene rings is 1. The summed E-state index contributed by atoms with van der Waals surface area (Å²) >= 11 is 5.75. The fourth-order valence-electron chi connectivity index (χ4n) is 1.21. The molecule has 18 heavy (non-hydrogen) atoms. The van der Waals surface area contributed by atoms with Gasteiger partial charge in [-0.15, -0.1) is 0 Å². The molecule has 1 atom stereocenters. The van der Waals surface area contributed by atoms with E-state index in [4.69, 9.17) is 16.7 Å². The van der Waals surface area contributed by atoms with Crippen LogP contribution >= 0.6 is 11.6 Å². The molecule has 0 bridgehead atoms. The summed E-state index contributed by atoms with van der Waals surface area (Å²) in [7, 11) is 1.17. The Morgan fingerprint density at radius 3 is 2.78 bits per heavy atom. The smallest absolute Gasteiger partial charge is 0.330 e. The van der Waals surface area contributed by atoms with Gasteiger partial charge < -0.3 is 20.5 Å². The van der Waals surface area contributed by atoms with Crippen LogP contribution in [0.25, 0.3) is 0 Å². The number of hydrogen-bond donors (Lipinski definition) is 3. The van der Waals surface area contributed by atoms with E-state index in [1.54, 1.807) is 24.3 Å². The van der Waals surface area contributed by atoms with Crippen LogP contribution in [-0.2, 0) is 9.53 Å². The third-order valence-electron chi connectivity index (χ3n) is 2.06. The van der Waals surface area contributed by atoms with Crippen molar-refractivity contribution in [2.75, 3.05) is 19.0 Å². The number of rotatable bonds is 4. The van der Waals surface area contributed by atoms with Crippen LogP contribution in [0.3, 0.4) is 0 Å². The maximum absolute atomic E-state index is 11.5. The van der Waals surface area contributed by atoms with E-state index in [0.717, 1.165) is 0 Å². The van der Waals surface area contributed by atoms with Gasteiger partial charge in [-0.25, -0.2) is 9.59 Å². The first-order valence-corrected chi connectivity index (χ1v) is 5.46. The minimum absolute atomic E-state index is 0.472.